The van der Waals surface area contributed by atoms with Gasteiger partial charge in [-0.2, -0.15) is 10.0 Å². The lowest BCUT2D eigenvalue weighted by atomic mass is 9.86. The molecule has 0 spiro atoms. The van der Waals surface area contributed by atoms with Gasteiger partial charge in [0.15, 0.2) is 0 Å². The van der Waals surface area contributed by atoms with E-state index in [1.54, 1.807) is 0 Å². The lowest BCUT2D eigenvalue weighted by Crippen LogP contribution is -2.31. The zero-order chi connectivity index (χ0) is 26.0. The second-order valence-corrected chi connectivity index (χ2v) is 10.3. The lowest BCUT2D eigenvalue weighted by Gasteiger charge is -2.29. The number of nitrogens with one attached hydrogen (secondary N) is 2. The Labute approximate surface area is 222 Å². The zero-order valence-electron chi connectivity index (χ0n) is 23.0. The van der Waals surface area contributed by atoms with E-state index in [0.29, 0.717) is 6.04 Å². The van der Waals surface area contributed by atoms with Crippen LogP contribution in [0.25, 0.3) is 10.9 Å². The fourth-order valence-electron chi connectivity index (χ4n) is 5.10. The Hall–Kier alpha value is -2.74. The van der Waals surface area contributed by atoms with Crippen molar-refractivity contribution in [2.45, 2.75) is 58.5 Å². The summed E-state index contributed by atoms with van der Waals surface area (Å²) in [6.07, 6.45) is 5.71. The van der Waals surface area contributed by atoms with Gasteiger partial charge in [-0.05, 0) is 67.8 Å². The molecule has 1 aliphatic rings. The van der Waals surface area contributed by atoms with E-state index in [9.17, 15) is 0 Å². The minimum absolute atomic E-state index is 0.436. The Morgan fingerprint density at radius 3 is 2.30 bits per heavy atom. The van der Waals surface area contributed by atoms with Gasteiger partial charge in [0.1, 0.15) is 5.82 Å². The third-order valence-corrected chi connectivity index (χ3v) is 7.34. The molecule has 0 atom stereocenters. The van der Waals surface area contributed by atoms with Crippen LogP contribution in [0.1, 0.15) is 50.7 Å². The first-order valence-electron chi connectivity index (χ1n) is 13.9. The molecule has 1 fully saturated rings. The molecular weight excluding hydrogens is 460 g/mol. The van der Waals surface area contributed by atoms with Crippen LogP contribution in [0, 0.1) is 5.92 Å². The molecule has 0 amide bonds. The van der Waals surface area contributed by atoms with Gasteiger partial charge in [-0.3, -0.25) is 4.84 Å². The van der Waals surface area contributed by atoms with E-state index in [4.69, 9.17) is 14.8 Å². The number of hydrogen-bond acceptors (Lipinski definition) is 7. The molecule has 1 heterocycles. The van der Waals surface area contributed by atoms with Crippen LogP contribution in [-0.4, -0.2) is 61.4 Å². The smallest absolute Gasteiger partial charge is 0.225 e. The SMILES string of the molecule is CCN(CC)OCCc1ccc(CNCC2CCC(Nc3nc(N(C)C)c4ccccc4n3)CC2)cc1. The first-order chi connectivity index (χ1) is 18.1. The van der Waals surface area contributed by atoms with E-state index in [1.165, 1.54) is 24.0 Å². The summed E-state index contributed by atoms with van der Waals surface area (Å²) in [4.78, 5) is 17.4. The molecule has 0 radical (unpaired) electrons. The van der Waals surface area contributed by atoms with E-state index >= 15 is 0 Å². The summed E-state index contributed by atoms with van der Waals surface area (Å²) in [5.41, 5.74) is 3.66. The average molecular weight is 505 g/mol. The molecule has 200 valence electrons. The van der Waals surface area contributed by atoms with Crippen molar-refractivity contribution in [1.82, 2.24) is 20.3 Å². The number of hydrogen-bond donors (Lipinski definition) is 2. The predicted octanol–water partition coefficient (Wildman–Crippen LogP) is 5.27. The Morgan fingerprint density at radius 2 is 1.59 bits per heavy atom. The van der Waals surface area contributed by atoms with Crippen molar-refractivity contribution in [3.8, 4) is 0 Å². The largest absolute Gasteiger partial charge is 0.362 e. The van der Waals surface area contributed by atoms with Crippen LogP contribution in [0.4, 0.5) is 11.8 Å². The summed E-state index contributed by atoms with van der Waals surface area (Å²) in [6, 6.07) is 17.6. The highest BCUT2D eigenvalue weighted by molar-refractivity contribution is 5.90. The van der Waals surface area contributed by atoms with Gasteiger partial charge in [0, 0.05) is 45.2 Å². The molecule has 2 N–H and O–H groups in total. The van der Waals surface area contributed by atoms with Crippen molar-refractivity contribution in [3.05, 3.63) is 59.7 Å². The van der Waals surface area contributed by atoms with Gasteiger partial charge < -0.3 is 15.5 Å². The van der Waals surface area contributed by atoms with E-state index < -0.39 is 0 Å². The number of nitrogens with zero attached hydrogens (tertiary/aromatic N) is 4. The monoisotopic (exact) mass is 504 g/mol. The predicted molar refractivity (Wildman–Crippen MR) is 154 cm³/mol. The maximum atomic E-state index is 5.79. The van der Waals surface area contributed by atoms with Crippen LogP contribution in [-0.2, 0) is 17.8 Å². The van der Waals surface area contributed by atoms with Crippen LogP contribution in [0.3, 0.4) is 0 Å². The van der Waals surface area contributed by atoms with Gasteiger partial charge in [-0.15, -0.1) is 0 Å². The third kappa shape index (κ3) is 7.87. The van der Waals surface area contributed by atoms with E-state index in [1.807, 2.05) is 31.3 Å². The van der Waals surface area contributed by atoms with Crippen LogP contribution >= 0.6 is 0 Å². The van der Waals surface area contributed by atoms with Crippen molar-refractivity contribution in [2.24, 2.45) is 5.92 Å². The van der Waals surface area contributed by atoms with Crippen molar-refractivity contribution >= 4 is 22.7 Å². The normalized spacial score (nSPS) is 17.9. The zero-order valence-corrected chi connectivity index (χ0v) is 23.0. The minimum Gasteiger partial charge on any atom is -0.362 e. The molecule has 1 aromatic heterocycles. The molecule has 37 heavy (non-hydrogen) atoms. The molecule has 0 unspecified atom stereocenters. The first kappa shape index (κ1) is 27.3. The molecule has 1 saturated carbocycles. The van der Waals surface area contributed by atoms with E-state index in [-0.39, 0.29) is 0 Å². The van der Waals surface area contributed by atoms with Crippen LogP contribution in [0.2, 0.25) is 0 Å². The Kier molecular flexibility index (Phi) is 10.1. The molecular formula is C30H44N6O. The second kappa shape index (κ2) is 13.7. The molecule has 0 saturated heterocycles. The van der Waals surface area contributed by atoms with Crippen molar-refractivity contribution in [3.63, 3.8) is 0 Å². The number of hydroxylamine groups is 2. The Bertz CT molecular complexity index is 1090. The molecule has 3 aromatic rings. The third-order valence-electron chi connectivity index (χ3n) is 7.34. The molecule has 1 aliphatic carbocycles. The molecule has 7 heteroatoms. The highest BCUT2D eigenvalue weighted by atomic mass is 16.7. The van der Waals surface area contributed by atoms with E-state index in [2.05, 4.69) is 65.8 Å². The van der Waals surface area contributed by atoms with Gasteiger partial charge in [0.05, 0.1) is 12.1 Å². The maximum Gasteiger partial charge on any atom is 0.225 e. The van der Waals surface area contributed by atoms with Gasteiger partial charge >= 0.3 is 0 Å². The summed E-state index contributed by atoms with van der Waals surface area (Å²) in [5.74, 6) is 2.43. The lowest BCUT2D eigenvalue weighted by molar-refractivity contribution is -0.151. The van der Waals surface area contributed by atoms with Crippen LogP contribution < -0.4 is 15.5 Å². The maximum absolute atomic E-state index is 5.79. The van der Waals surface area contributed by atoms with Crippen molar-refractivity contribution < 1.29 is 4.84 Å². The number of anilines is 2. The standard InChI is InChI=1S/C30H44N6O/c1-5-36(6-2)37-20-19-23-11-13-24(14-12-23)21-31-22-25-15-17-26(18-16-25)32-30-33-28-10-8-7-9-27(28)29(34-30)35(3)4/h7-14,25-26,31H,5-6,15-22H2,1-4H3,(H,32,33,34). The van der Waals surface area contributed by atoms with Gasteiger partial charge in [0.25, 0.3) is 0 Å². The highest BCUT2D eigenvalue weighted by Gasteiger charge is 2.22. The summed E-state index contributed by atoms with van der Waals surface area (Å²) >= 11 is 0. The fraction of sp³-hybridized carbons (Fsp3) is 0.533. The summed E-state index contributed by atoms with van der Waals surface area (Å²) in [7, 11) is 4.07. The molecule has 0 bridgehead atoms. The molecule has 2 aromatic carbocycles. The number of para-hydroxylation sites is 1. The molecule has 4 rings (SSSR count). The van der Waals surface area contributed by atoms with E-state index in [0.717, 1.165) is 80.6 Å². The minimum atomic E-state index is 0.436. The topological polar surface area (TPSA) is 65.6 Å². The molecule has 0 aliphatic heterocycles. The Morgan fingerprint density at radius 1 is 0.892 bits per heavy atom. The summed E-state index contributed by atoms with van der Waals surface area (Å²) in [5, 5.41) is 10.4. The first-order valence-corrected chi connectivity index (χ1v) is 13.9. The van der Waals surface area contributed by atoms with Crippen molar-refractivity contribution in [1.29, 1.82) is 0 Å². The fourth-order valence-corrected chi connectivity index (χ4v) is 5.10. The van der Waals surface area contributed by atoms with Gasteiger partial charge in [0.2, 0.25) is 5.95 Å². The summed E-state index contributed by atoms with van der Waals surface area (Å²) < 4.78 is 0. The Balaban J connectivity index is 1.17. The quantitative estimate of drug-likeness (QED) is 0.307. The number of fused-ring (bicyclic) bond motifs is 1. The molecule has 7 nitrogen and oxygen atoms in total. The summed E-state index contributed by atoms with van der Waals surface area (Å²) in [6.45, 7) is 8.83. The van der Waals surface area contributed by atoms with Crippen LogP contribution in [0.15, 0.2) is 48.5 Å². The van der Waals surface area contributed by atoms with Crippen molar-refractivity contribution in [2.75, 3.05) is 50.6 Å². The second-order valence-electron chi connectivity index (χ2n) is 10.3. The number of benzene rings is 2. The highest BCUT2D eigenvalue weighted by Crippen LogP contribution is 2.28. The number of aromatic nitrogens is 2. The van der Waals surface area contributed by atoms with Crippen LogP contribution in [0.5, 0.6) is 0 Å². The van der Waals surface area contributed by atoms with Gasteiger partial charge in [-0.25, -0.2) is 4.98 Å². The number of rotatable bonds is 13. The van der Waals surface area contributed by atoms with Gasteiger partial charge in [-0.1, -0.05) is 50.2 Å². The average Bonchev–Trinajstić information content (AvgIpc) is 2.92.